The average Bonchev–Trinajstić information content (AvgIpc) is 2.71. The van der Waals surface area contributed by atoms with Crippen LogP contribution in [0.1, 0.15) is 45.7 Å². The largest absolute Gasteiger partial charge is 0.457 e. The fourth-order valence-corrected chi connectivity index (χ4v) is 3.71. The maximum absolute atomic E-state index is 6.18. The van der Waals surface area contributed by atoms with E-state index in [-0.39, 0.29) is 17.2 Å². The monoisotopic (exact) mass is 315 g/mol. The van der Waals surface area contributed by atoms with Crippen molar-refractivity contribution in [2.75, 3.05) is 7.05 Å². The highest BCUT2D eigenvalue weighted by Crippen LogP contribution is 2.48. The van der Waals surface area contributed by atoms with Gasteiger partial charge < -0.3 is 14.5 Å². The van der Waals surface area contributed by atoms with E-state index in [2.05, 4.69) is 48.9 Å². The van der Waals surface area contributed by atoms with E-state index < -0.39 is 0 Å². The lowest BCUT2D eigenvalue weighted by atomic mass is 9.79. The number of nitrogens with one attached hydrogen (secondary N) is 1. The first kappa shape index (κ1) is 14.1. The summed E-state index contributed by atoms with van der Waals surface area (Å²) >= 11 is 3.47. The van der Waals surface area contributed by atoms with E-state index in [0.29, 0.717) is 5.92 Å². The zero-order valence-electron chi connectivity index (χ0n) is 11.7. The number of ether oxygens (including phenoxy) is 1. The Labute approximate surface area is 117 Å². The first-order chi connectivity index (χ1) is 8.27. The van der Waals surface area contributed by atoms with E-state index in [1.807, 2.05) is 13.1 Å². The molecule has 1 aliphatic rings. The molecular weight excluding hydrogens is 294 g/mol. The van der Waals surface area contributed by atoms with Gasteiger partial charge in [0.25, 0.3) is 0 Å². The summed E-state index contributed by atoms with van der Waals surface area (Å²) in [6, 6.07) is 2.25. The SMILES string of the molecule is CNC(c1ccoc1Br)C1CC(C)(C)OC1(C)C. The molecule has 2 unspecified atom stereocenters. The third kappa shape index (κ3) is 2.51. The van der Waals surface area contributed by atoms with Crippen LogP contribution in [0.25, 0.3) is 0 Å². The second kappa shape index (κ2) is 4.66. The van der Waals surface area contributed by atoms with Gasteiger partial charge in [0, 0.05) is 17.5 Å². The topological polar surface area (TPSA) is 34.4 Å². The summed E-state index contributed by atoms with van der Waals surface area (Å²) < 4.78 is 12.4. The van der Waals surface area contributed by atoms with Gasteiger partial charge in [-0.1, -0.05) is 0 Å². The fourth-order valence-electron chi connectivity index (χ4n) is 3.22. The molecule has 4 heteroatoms. The molecule has 2 rings (SSSR count). The summed E-state index contributed by atoms with van der Waals surface area (Å²) in [7, 11) is 1.99. The van der Waals surface area contributed by atoms with Gasteiger partial charge in [0.2, 0.25) is 0 Å². The van der Waals surface area contributed by atoms with Gasteiger partial charge in [-0.15, -0.1) is 0 Å². The van der Waals surface area contributed by atoms with E-state index in [1.165, 1.54) is 0 Å². The summed E-state index contributed by atoms with van der Waals surface area (Å²) in [5, 5.41) is 3.41. The van der Waals surface area contributed by atoms with E-state index in [1.54, 1.807) is 6.26 Å². The van der Waals surface area contributed by atoms with E-state index in [9.17, 15) is 0 Å². The van der Waals surface area contributed by atoms with Crippen molar-refractivity contribution in [2.45, 2.75) is 51.4 Å². The molecule has 0 aromatic carbocycles. The van der Waals surface area contributed by atoms with Crippen molar-refractivity contribution in [3.8, 4) is 0 Å². The molecule has 18 heavy (non-hydrogen) atoms. The van der Waals surface area contributed by atoms with Crippen LogP contribution in [0, 0.1) is 5.92 Å². The van der Waals surface area contributed by atoms with Crippen molar-refractivity contribution in [1.29, 1.82) is 0 Å². The molecule has 0 saturated carbocycles. The van der Waals surface area contributed by atoms with Crippen LogP contribution in [0.2, 0.25) is 0 Å². The first-order valence-electron chi connectivity index (χ1n) is 6.37. The molecule has 3 nitrogen and oxygen atoms in total. The van der Waals surface area contributed by atoms with Crippen LogP contribution in [0.15, 0.2) is 21.4 Å². The molecule has 0 aliphatic carbocycles. The molecule has 102 valence electrons. The maximum atomic E-state index is 6.18. The van der Waals surface area contributed by atoms with Crippen LogP contribution in [-0.2, 0) is 4.74 Å². The molecule has 0 radical (unpaired) electrons. The third-order valence-corrected chi connectivity index (χ3v) is 4.48. The fraction of sp³-hybridized carbons (Fsp3) is 0.714. The molecule has 0 spiro atoms. The molecule has 1 aromatic rings. The van der Waals surface area contributed by atoms with Gasteiger partial charge >= 0.3 is 0 Å². The van der Waals surface area contributed by atoms with Crippen molar-refractivity contribution in [3.63, 3.8) is 0 Å². The molecule has 1 aliphatic heterocycles. The Kier molecular flexibility index (Phi) is 3.65. The van der Waals surface area contributed by atoms with Crippen LogP contribution in [0.3, 0.4) is 0 Å². The summed E-state index contributed by atoms with van der Waals surface area (Å²) in [5.74, 6) is 0.409. The van der Waals surface area contributed by atoms with Crippen LogP contribution in [0.4, 0.5) is 0 Å². The van der Waals surface area contributed by atoms with Crippen LogP contribution < -0.4 is 5.32 Å². The maximum Gasteiger partial charge on any atom is 0.173 e. The van der Waals surface area contributed by atoms with E-state index in [0.717, 1.165) is 16.7 Å². The quantitative estimate of drug-likeness (QED) is 0.918. The lowest BCUT2D eigenvalue weighted by Crippen LogP contribution is -2.37. The van der Waals surface area contributed by atoms with Gasteiger partial charge in [-0.05, 0) is 63.2 Å². The molecule has 1 N–H and O–H groups in total. The molecule has 0 amide bonds. The third-order valence-electron chi connectivity index (χ3n) is 3.84. The lowest BCUT2D eigenvalue weighted by molar-refractivity contribution is -0.0777. The Morgan fingerprint density at radius 1 is 1.39 bits per heavy atom. The van der Waals surface area contributed by atoms with Gasteiger partial charge in [-0.2, -0.15) is 0 Å². The van der Waals surface area contributed by atoms with E-state index in [4.69, 9.17) is 9.15 Å². The molecule has 1 aromatic heterocycles. The Hall–Kier alpha value is -0.320. The molecule has 1 fully saturated rings. The zero-order valence-corrected chi connectivity index (χ0v) is 13.3. The minimum atomic E-state index is -0.145. The predicted molar refractivity (Wildman–Crippen MR) is 75.6 cm³/mol. The highest BCUT2D eigenvalue weighted by atomic mass is 79.9. The lowest BCUT2D eigenvalue weighted by Gasteiger charge is -2.32. The van der Waals surface area contributed by atoms with Crippen LogP contribution in [-0.4, -0.2) is 18.2 Å². The minimum absolute atomic E-state index is 0.0700. The van der Waals surface area contributed by atoms with Gasteiger partial charge in [0.05, 0.1) is 17.5 Å². The number of hydrogen-bond acceptors (Lipinski definition) is 3. The minimum Gasteiger partial charge on any atom is -0.457 e. The van der Waals surface area contributed by atoms with Crippen LogP contribution >= 0.6 is 15.9 Å². The number of furan rings is 1. The van der Waals surface area contributed by atoms with Crippen LogP contribution in [0.5, 0.6) is 0 Å². The molecular formula is C14H22BrNO2. The van der Waals surface area contributed by atoms with Gasteiger partial charge in [0.15, 0.2) is 4.67 Å². The highest BCUT2D eigenvalue weighted by Gasteiger charge is 2.49. The van der Waals surface area contributed by atoms with Crippen molar-refractivity contribution in [3.05, 3.63) is 22.6 Å². The first-order valence-corrected chi connectivity index (χ1v) is 7.16. The molecule has 2 heterocycles. The van der Waals surface area contributed by atoms with Crippen molar-refractivity contribution >= 4 is 15.9 Å². The standard InChI is InChI=1S/C14H22BrNO2/c1-13(2)8-10(14(3,4)18-13)11(16-5)9-6-7-17-12(9)15/h6-7,10-11,16H,8H2,1-5H3. The summed E-state index contributed by atoms with van der Waals surface area (Å²) in [4.78, 5) is 0. The number of hydrogen-bond donors (Lipinski definition) is 1. The van der Waals surface area contributed by atoms with E-state index >= 15 is 0 Å². The summed E-state index contributed by atoms with van der Waals surface area (Å²) in [5.41, 5.74) is 0.949. The Bertz CT molecular complexity index is 425. The normalized spacial score (nSPS) is 27.3. The van der Waals surface area contributed by atoms with Crippen molar-refractivity contribution in [1.82, 2.24) is 5.32 Å². The average molecular weight is 316 g/mol. The molecule has 1 saturated heterocycles. The molecule has 0 bridgehead atoms. The van der Waals surface area contributed by atoms with Crippen molar-refractivity contribution in [2.24, 2.45) is 5.92 Å². The number of rotatable bonds is 3. The summed E-state index contributed by atoms with van der Waals surface area (Å²) in [6.07, 6.45) is 2.75. The zero-order chi connectivity index (χ0) is 13.6. The number of halogens is 1. The Morgan fingerprint density at radius 3 is 2.44 bits per heavy atom. The van der Waals surface area contributed by atoms with Gasteiger partial charge in [0.1, 0.15) is 0 Å². The smallest absolute Gasteiger partial charge is 0.173 e. The second-order valence-electron chi connectivity index (χ2n) is 6.19. The second-order valence-corrected chi connectivity index (χ2v) is 6.91. The molecule has 2 atom stereocenters. The predicted octanol–water partition coefficient (Wildman–Crippen LogP) is 3.90. The highest BCUT2D eigenvalue weighted by molar-refractivity contribution is 9.10. The Morgan fingerprint density at radius 2 is 2.06 bits per heavy atom. The summed E-state index contributed by atoms with van der Waals surface area (Å²) in [6.45, 7) is 8.66. The van der Waals surface area contributed by atoms with Crippen molar-refractivity contribution < 1.29 is 9.15 Å². The van der Waals surface area contributed by atoms with Gasteiger partial charge in [-0.3, -0.25) is 0 Å². The Balaban J connectivity index is 2.32. The van der Waals surface area contributed by atoms with Gasteiger partial charge in [-0.25, -0.2) is 0 Å².